The Morgan fingerprint density at radius 1 is 1.33 bits per heavy atom. The molecule has 3 nitrogen and oxygen atoms in total. The second kappa shape index (κ2) is 3.68. The van der Waals surface area contributed by atoms with E-state index in [1.165, 1.54) is 0 Å². The minimum Gasteiger partial charge on any atom is -0.398 e. The summed E-state index contributed by atoms with van der Waals surface area (Å²) in [4.78, 5) is 4.36. The lowest BCUT2D eigenvalue weighted by Crippen LogP contribution is -2.24. The van der Waals surface area contributed by atoms with Crippen LogP contribution in [0.3, 0.4) is 0 Å². The zero-order valence-electron chi connectivity index (χ0n) is 9.93. The lowest BCUT2D eigenvalue weighted by Gasteiger charge is -2.24. The first kappa shape index (κ1) is 11.0. The summed E-state index contributed by atoms with van der Waals surface area (Å²) in [7, 11) is 0. The van der Waals surface area contributed by atoms with Crippen LogP contribution in [0.5, 0.6) is 0 Å². The maximum atomic E-state index is 11.0. The first-order valence-electron chi connectivity index (χ1n) is 5.86. The van der Waals surface area contributed by atoms with Gasteiger partial charge >= 0.3 is 0 Å². The van der Waals surface area contributed by atoms with Crippen molar-refractivity contribution >= 4 is 5.69 Å². The van der Waals surface area contributed by atoms with Gasteiger partial charge in [0.05, 0.1) is 5.69 Å². The third-order valence-electron chi connectivity index (χ3n) is 3.46. The molecule has 0 fully saturated rings. The van der Waals surface area contributed by atoms with Gasteiger partial charge in [-0.05, 0) is 11.6 Å². The molecule has 3 N–H and O–H groups in total. The Kier molecular flexibility index (Phi) is 2.25. The first-order chi connectivity index (χ1) is 8.68. The summed E-state index contributed by atoms with van der Waals surface area (Å²) in [5.41, 5.74) is 8.76. The topological polar surface area (TPSA) is 59.1 Å². The first-order valence-corrected chi connectivity index (χ1v) is 5.86. The highest BCUT2D eigenvalue weighted by molar-refractivity contribution is 5.81. The highest BCUT2D eigenvalue weighted by atomic mass is 16.3. The average Bonchev–Trinajstić information content (AvgIpc) is 2.62. The van der Waals surface area contributed by atoms with Crippen LogP contribution in [0.1, 0.15) is 17.5 Å². The number of aliphatic hydroxyl groups is 1. The van der Waals surface area contributed by atoms with Gasteiger partial charge in [-0.1, -0.05) is 30.3 Å². The minimum absolute atomic E-state index is 0.424. The molecular weight excluding hydrogens is 224 g/mol. The number of benzene rings is 1. The van der Waals surface area contributed by atoms with Gasteiger partial charge in [-0.3, -0.25) is 4.98 Å². The standard InChI is InChI=1S/C15H14N2O/c1-2-8-15(18)11-6-4-3-5-10(11)14-13(15)12(16)7-9-17-14/h2-7,9,18H,1,8H2,(H2,16,17). The van der Waals surface area contributed by atoms with Crippen molar-refractivity contribution in [1.29, 1.82) is 0 Å². The number of nitrogens with zero attached hydrogens (tertiary/aromatic N) is 1. The highest BCUT2D eigenvalue weighted by Crippen LogP contribution is 2.50. The van der Waals surface area contributed by atoms with E-state index in [0.717, 1.165) is 16.8 Å². The Morgan fingerprint density at radius 3 is 2.89 bits per heavy atom. The Balaban J connectivity index is 2.39. The van der Waals surface area contributed by atoms with E-state index in [2.05, 4.69) is 11.6 Å². The normalized spacial score (nSPS) is 20.3. The molecule has 3 rings (SSSR count). The molecule has 1 atom stereocenters. The van der Waals surface area contributed by atoms with Crippen molar-refractivity contribution in [2.45, 2.75) is 12.0 Å². The van der Waals surface area contributed by atoms with E-state index in [9.17, 15) is 5.11 Å². The summed E-state index contributed by atoms with van der Waals surface area (Å²) in [6, 6.07) is 9.45. The molecule has 1 aromatic heterocycles. The smallest absolute Gasteiger partial charge is 0.123 e. The molecule has 3 heteroatoms. The number of nitrogen functional groups attached to an aromatic ring is 1. The third kappa shape index (κ3) is 1.25. The van der Waals surface area contributed by atoms with Gasteiger partial charge in [-0.25, -0.2) is 0 Å². The molecule has 0 radical (unpaired) electrons. The molecule has 0 saturated heterocycles. The number of rotatable bonds is 2. The number of hydrogen-bond acceptors (Lipinski definition) is 3. The number of hydrogen-bond donors (Lipinski definition) is 2. The molecule has 1 unspecified atom stereocenters. The maximum absolute atomic E-state index is 11.0. The van der Waals surface area contributed by atoms with Gasteiger partial charge in [-0.2, -0.15) is 0 Å². The van der Waals surface area contributed by atoms with Crippen LogP contribution in [-0.2, 0) is 5.60 Å². The Bertz CT molecular complexity index is 636. The number of anilines is 1. The summed E-state index contributed by atoms with van der Waals surface area (Å²) < 4.78 is 0. The Hall–Kier alpha value is -2.13. The van der Waals surface area contributed by atoms with E-state index < -0.39 is 5.60 Å². The van der Waals surface area contributed by atoms with Crippen molar-refractivity contribution < 1.29 is 5.11 Å². The van der Waals surface area contributed by atoms with E-state index in [1.54, 1.807) is 18.3 Å². The molecular formula is C15H14N2O. The van der Waals surface area contributed by atoms with Crippen LogP contribution in [-0.4, -0.2) is 10.1 Å². The van der Waals surface area contributed by atoms with Gasteiger partial charge in [0, 0.05) is 29.4 Å². The van der Waals surface area contributed by atoms with Crippen molar-refractivity contribution in [3.8, 4) is 11.3 Å². The SMILES string of the molecule is C=CCC1(O)c2ccccc2-c2nccc(N)c21. The van der Waals surface area contributed by atoms with Crippen molar-refractivity contribution in [2.24, 2.45) is 0 Å². The third-order valence-corrected chi connectivity index (χ3v) is 3.46. The predicted octanol–water partition coefficient (Wildman–Crippen LogP) is 2.46. The molecule has 0 aliphatic heterocycles. The van der Waals surface area contributed by atoms with Gasteiger partial charge in [0.1, 0.15) is 5.60 Å². The Labute approximate surface area is 106 Å². The summed E-state index contributed by atoms with van der Waals surface area (Å²) in [5.74, 6) is 0. The van der Waals surface area contributed by atoms with Crippen LogP contribution in [0.4, 0.5) is 5.69 Å². The molecule has 1 aliphatic rings. The van der Waals surface area contributed by atoms with Gasteiger partial charge in [0.15, 0.2) is 0 Å². The number of pyridine rings is 1. The Morgan fingerprint density at radius 2 is 2.11 bits per heavy atom. The van der Waals surface area contributed by atoms with Crippen molar-refractivity contribution in [1.82, 2.24) is 4.98 Å². The molecule has 1 aliphatic carbocycles. The van der Waals surface area contributed by atoms with Gasteiger partial charge < -0.3 is 10.8 Å². The fourth-order valence-corrected chi connectivity index (χ4v) is 2.72. The number of fused-ring (bicyclic) bond motifs is 3. The van der Waals surface area contributed by atoms with E-state index in [1.807, 2.05) is 24.3 Å². The minimum atomic E-state index is -1.11. The molecule has 1 aromatic carbocycles. The van der Waals surface area contributed by atoms with E-state index in [-0.39, 0.29) is 0 Å². The number of aromatic nitrogens is 1. The van der Waals surface area contributed by atoms with Crippen LogP contribution in [0.2, 0.25) is 0 Å². The molecule has 0 spiro atoms. The molecule has 0 amide bonds. The summed E-state index contributed by atoms with van der Waals surface area (Å²) in [6.07, 6.45) is 3.80. The van der Waals surface area contributed by atoms with Crippen molar-refractivity contribution in [3.63, 3.8) is 0 Å². The van der Waals surface area contributed by atoms with Crippen LogP contribution in [0, 0.1) is 0 Å². The van der Waals surface area contributed by atoms with Crippen molar-refractivity contribution in [2.75, 3.05) is 5.73 Å². The maximum Gasteiger partial charge on any atom is 0.123 e. The lowest BCUT2D eigenvalue weighted by atomic mass is 9.88. The average molecular weight is 238 g/mol. The molecule has 0 saturated carbocycles. The second-order valence-corrected chi connectivity index (χ2v) is 4.52. The largest absolute Gasteiger partial charge is 0.398 e. The molecule has 1 heterocycles. The summed E-state index contributed by atoms with van der Waals surface area (Å²) in [6.45, 7) is 3.72. The summed E-state index contributed by atoms with van der Waals surface area (Å²) >= 11 is 0. The number of nitrogens with two attached hydrogens (primary N) is 1. The van der Waals surface area contributed by atoms with Gasteiger partial charge in [-0.15, -0.1) is 6.58 Å². The molecule has 18 heavy (non-hydrogen) atoms. The monoisotopic (exact) mass is 238 g/mol. The summed E-state index contributed by atoms with van der Waals surface area (Å²) in [5, 5.41) is 11.0. The fraction of sp³-hybridized carbons (Fsp3) is 0.133. The lowest BCUT2D eigenvalue weighted by molar-refractivity contribution is 0.0897. The quantitative estimate of drug-likeness (QED) is 0.790. The zero-order valence-corrected chi connectivity index (χ0v) is 9.93. The molecule has 0 bridgehead atoms. The fourth-order valence-electron chi connectivity index (χ4n) is 2.72. The van der Waals surface area contributed by atoms with Gasteiger partial charge in [0.25, 0.3) is 0 Å². The van der Waals surface area contributed by atoms with Gasteiger partial charge in [0.2, 0.25) is 0 Å². The van der Waals surface area contributed by atoms with Crippen LogP contribution >= 0.6 is 0 Å². The second-order valence-electron chi connectivity index (χ2n) is 4.52. The highest BCUT2D eigenvalue weighted by Gasteiger charge is 2.42. The predicted molar refractivity (Wildman–Crippen MR) is 71.9 cm³/mol. The zero-order chi connectivity index (χ0) is 12.8. The van der Waals surface area contributed by atoms with Crippen LogP contribution in [0.15, 0.2) is 49.2 Å². The van der Waals surface area contributed by atoms with E-state index in [4.69, 9.17) is 5.73 Å². The van der Waals surface area contributed by atoms with Crippen LogP contribution in [0.25, 0.3) is 11.3 Å². The van der Waals surface area contributed by atoms with Crippen molar-refractivity contribution in [3.05, 3.63) is 60.3 Å². The van der Waals surface area contributed by atoms with E-state index in [0.29, 0.717) is 17.7 Å². The van der Waals surface area contributed by atoms with Crippen LogP contribution < -0.4 is 5.73 Å². The van der Waals surface area contributed by atoms with E-state index >= 15 is 0 Å². The molecule has 2 aromatic rings. The molecule has 90 valence electrons.